The number of aryl methyl sites for hydroxylation is 1. The molecule has 1 amide bonds. The summed E-state index contributed by atoms with van der Waals surface area (Å²) in [4.78, 5) is 17.0. The largest absolute Gasteiger partial charge is 0.310 e. The lowest BCUT2D eigenvalue weighted by Crippen LogP contribution is -2.25. The second kappa shape index (κ2) is 6.70. The van der Waals surface area contributed by atoms with E-state index in [1.54, 1.807) is 11.6 Å². The fourth-order valence-corrected chi connectivity index (χ4v) is 5.19. The normalized spacial score (nSPS) is 16.1. The molecule has 1 atom stereocenters. The van der Waals surface area contributed by atoms with Gasteiger partial charge in [0.05, 0.1) is 15.9 Å². The van der Waals surface area contributed by atoms with E-state index in [-0.39, 0.29) is 17.9 Å². The van der Waals surface area contributed by atoms with Crippen LogP contribution in [0.2, 0.25) is 0 Å². The number of anilines is 1. The lowest BCUT2D eigenvalue weighted by atomic mass is 9.85. The van der Waals surface area contributed by atoms with Crippen molar-refractivity contribution in [3.05, 3.63) is 69.3 Å². The predicted molar refractivity (Wildman–Crippen MR) is 111 cm³/mol. The molecule has 2 aromatic carbocycles. The number of hydrogen-bond acceptors (Lipinski definition) is 4. The van der Waals surface area contributed by atoms with Crippen LogP contribution in [0, 0.1) is 18.6 Å². The van der Waals surface area contributed by atoms with Crippen LogP contribution in [0.15, 0.2) is 40.9 Å². The Kier molecular flexibility index (Phi) is 4.25. The number of hydrogen-bond donors (Lipinski definition) is 1. The van der Waals surface area contributed by atoms with Crippen molar-refractivity contribution in [1.82, 2.24) is 14.8 Å². The van der Waals surface area contributed by atoms with Gasteiger partial charge in [-0.3, -0.25) is 4.79 Å². The second-order valence-electron chi connectivity index (χ2n) is 6.82. The average Bonchev–Trinajstić information content (AvgIpc) is 3.24. The molecule has 146 valence electrons. The zero-order valence-electron chi connectivity index (χ0n) is 15.0. The molecular weight excluding hydrogens is 462 g/mol. The molecule has 4 aromatic rings. The van der Waals surface area contributed by atoms with Crippen LogP contribution in [0.1, 0.15) is 29.2 Å². The maximum Gasteiger partial charge on any atom is 0.226 e. The predicted octanol–water partition coefficient (Wildman–Crippen LogP) is 5.31. The van der Waals surface area contributed by atoms with Crippen molar-refractivity contribution in [2.45, 2.75) is 19.3 Å². The first kappa shape index (κ1) is 18.4. The molecular formula is C20H13BrF2N4OS. The van der Waals surface area contributed by atoms with Crippen LogP contribution in [-0.4, -0.2) is 20.7 Å². The van der Waals surface area contributed by atoms with Crippen LogP contribution in [0.5, 0.6) is 0 Å². The Hall–Kier alpha value is -2.65. The number of nitrogens with one attached hydrogen (secondary N) is 1. The first-order chi connectivity index (χ1) is 13.9. The molecule has 9 heteroatoms. The summed E-state index contributed by atoms with van der Waals surface area (Å²) in [6.07, 6.45) is 0.0205. The van der Waals surface area contributed by atoms with Gasteiger partial charge in [-0.05, 0) is 36.8 Å². The Morgan fingerprint density at radius 2 is 2.10 bits per heavy atom. The van der Waals surface area contributed by atoms with Crippen molar-refractivity contribution in [1.29, 1.82) is 0 Å². The highest BCUT2D eigenvalue weighted by Gasteiger charge is 2.35. The highest BCUT2D eigenvalue weighted by atomic mass is 79.9. The molecule has 2 aromatic heterocycles. The highest BCUT2D eigenvalue weighted by Crippen LogP contribution is 2.42. The SMILES string of the molecule is Cc1nn(-c2nc3ccc(Br)cc3s2)c2c1C(c1cccc(F)c1F)CC(=O)N2. The molecule has 0 radical (unpaired) electrons. The number of nitrogens with zero attached hydrogens (tertiary/aromatic N) is 3. The monoisotopic (exact) mass is 474 g/mol. The van der Waals surface area contributed by atoms with Gasteiger partial charge < -0.3 is 5.32 Å². The number of halogens is 3. The van der Waals surface area contributed by atoms with Crippen molar-refractivity contribution in [2.24, 2.45) is 0 Å². The van der Waals surface area contributed by atoms with Gasteiger partial charge in [0.1, 0.15) is 5.82 Å². The fourth-order valence-electron chi connectivity index (χ4n) is 3.72. The van der Waals surface area contributed by atoms with E-state index < -0.39 is 17.6 Å². The molecule has 1 N–H and O–H groups in total. The van der Waals surface area contributed by atoms with E-state index in [1.165, 1.54) is 23.5 Å². The zero-order valence-corrected chi connectivity index (χ0v) is 17.4. The number of carbonyl (C=O) groups excluding carboxylic acids is 1. The summed E-state index contributed by atoms with van der Waals surface area (Å²) in [5.41, 5.74) is 2.27. The van der Waals surface area contributed by atoms with Crippen LogP contribution >= 0.6 is 27.3 Å². The summed E-state index contributed by atoms with van der Waals surface area (Å²) >= 11 is 4.88. The van der Waals surface area contributed by atoms with Crippen LogP contribution in [0.25, 0.3) is 15.3 Å². The van der Waals surface area contributed by atoms with Crippen molar-refractivity contribution < 1.29 is 13.6 Å². The minimum absolute atomic E-state index is 0.0205. The number of benzene rings is 2. The van der Waals surface area contributed by atoms with Gasteiger partial charge in [-0.25, -0.2) is 13.8 Å². The van der Waals surface area contributed by atoms with Gasteiger partial charge in [0.25, 0.3) is 0 Å². The lowest BCUT2D eigenvalue weighted by molar-refractivity contribution is -0.116. The third kappa shape index (κ3) is 2.96. The molecule has 5 rings (SSSR count). The smallest absolute Gasteiger partial charge is 0.226 e. The Bertz CT molecular complexity index is 1300. The van der Waals surface area contributed by atoms with Crippen LogP contribution in [-0.2, 0) is 4.79 Å². The van der Waals surface area contributed by atoms with Crippen molar-refractivity contribution in [2.75, 3.05) is 5.32 Å². The molecule has 0 fully saturated rings. The maximum atomic E-state index is 14.5. The number of thiazole rings is 1. The van der Waals surface area contributed by atoms with E-state index in [0.717, 1.165) is 20.8 Å². The lowest BCUT2D eigenvalue weighted by Gasteiger charge is -2.24. The number of rotatable bonds is 2. The van der Waals surface area contributed by atoms with E-state index in [4.69, 9.17) is 0 Å². The van der Waals surface area contributed by atoms with Crippen molar-refractivity contribution in [3.8, 4) is 5.13 Å². The third-order valence-corrected chi connectivity index (χ3v) is 6.47. The summed E-state index contributed by atoms with van der Waals surface area (Å²) in [7, 11) is 0. The molecule has 29 heavy (non-hydrogen) atoms. The minimum atomic E-state index is -0.935. The van der Waals surface area contributed by atoms with E-state index >= 15 is 0 Å². The van der Waals surface area contributed by atoms with E-state index in [9.17, 15) is 13.6 Å². The first-order valence-electron chi connectivity index (χ1n) is 8.82. The highest BCUT2D eigenvalue weighted by molar-refractivity contribution is 9.10. The van der Waals surface area contributed by atoms with Gasteiger partial charge >= 0.3 is 0 Å². The second-order valence-corrected chi connectivity index (χ2v) is 8.74. The summed E-state index contributed by atoms with van der Waals surface area (Å²) in [6.45, 7) is 1.79. The molecule has 0 spiro atoms. The molecule has 0 saturated heterocycles. The van der Waals surface area contributed by atoms with Gasteiger partial charge in [-0.1, -0.05) is 39.4 Å². The third-order valence-electron chi connectivity index (χ3n) is 4.98. The van der Waals surface area contributed by atoms with Gasteiger partial charge in [-0.2, -0.15) is 9.78 Å². The van der Waals surface area contributed by atoms with Gasteiger partial charge in [0.2, 0.25) is 11.0 Å². The van der Waals surface area contributed by atoms with Gasteiger partial charge in [-0.15, -0.1) is 0 Å². The molecule has 1 unspecified atom stereocenters. The maximum absolute atomic E-state index is 14.5. The molecule has 1 aliphatic heterocycles. The number of aromatic nitrogens is 3. The van der Waals surface area contributed by atoms with E-state index in [2.05, 4.69) is 31.3 Å². The molecule has 0 saturated carbocycles. The topological polar surface area (TPSA) is 59.8 Å². The van der Waals surface area contributed by atoms with E-state index in [1.807, 2.05) is 18.2 Å². The van der Waals surface area contributed by atoms with Crippen LogP contribution in [0.3, 0.4) is 0 Å². The quantitative estimate of drug-likeness (QED) is 0.428. The number of carbonyl (C=O) groups is 1. The Morgan fingerprint density at radius 1 is 1.28 bits per heavy atom. The Morgan fingerprint density at radius 3 is 2.93 bits per heavy atom. The number of amides is 1. The van der Waals surface area contributed by atoms with Gasteiger partial charge in [0, 0.05) is 22.4 Å². The Balaban J connectivity index is 1.69. The summed E-state index contributed by atoms with van der Waals surface area (Å²) < 4.78 is 31.8. The fraction of sp³-hybridized carbons (Fsp3) is 0.150. The number of fused-ring (bicyclic) bond motifs is 2. The van der Waals surface area contributed by atoms with Crippen molar-refractivity contribution in [3.63, 3.8) is 0 Å². The van der Waals surface area contributed by atoms with Crippen LogP contribution in [0.4, 0.5) is 14.6 Å². The summed E-state index contributed by atoms with van der Waals surface area (Å²) in [6, 6.07) is 9.79. The standard InChI is InChI=1S/C20H13BrF2N4OS/c1-9-17-12(11-3-2-4-13(22)18(11)23)8-16(28)25-19(17)27(26-9)20-24-14-6-5-10(21)7-15(14)29-20/h2-7,12H,8H2,1H3,(H,25,28). The zero-order chi connectivity index (χ0) is 20.3. The molecule has 1 aliphatic rings. The average molecular weight is 475 g/mol. The van der Waals surface area contributed by atoms with Gasteiger partial charge in [0.15, 0.2) is 11.6 Å². The Labute approximate surface area is 176 Å². The van der Waals surface area contributed by atoms with Crippen LogP contribution < -0.4 is 5.32 Å². The van der Waals surface area contributed by atoms with Crippen molar-refractivity contribution >= 4 is 49.2 Å². The molecule has 0 aliphatic carbocycles. The molecule has 3 heterocycles. The van der Waals surface area contributed by atoms with E-state index in [0.29, 0.717) is 22.2 Å². The first-order valence-corrected chi connectivity index (χ1v) is 10.4. The molecule has 0 bridgehead atoms. The molecule has 5 nitrogen and oxygen atoms in total. The minimum Gasteiger partial charge on any atom is -0.310 e. The summed E-state index contributed by atoms with van der Waals surface area (Å²) in [5.74, 6) is -2.32. The summed E-state index contributed by atoms with van der Waals surface area (Å²) in [5, 5.41) is 7.99.